The molecule has 0 aliphatic heterocycles. The molecule has 0 aromatic carbocycles. The Kier molecular flexibility index (Phi) is 24.3. The molecule has 2 fully saturated rings. The number of nitrogens with zero attached hydrogens (tertiary/aromatic N) is 10. The number of aliphatic hydroxyl groups is 2. The predicted molar refractivity (Wildman–Crippen MR) is 304 cm³/mol. The van der Waals surface area contributed by atoms with Crippen LogP contribution >= 0.6 is 23.5 Å². The number of carbonyl (C=O) groups is 2. The highest BCUT2D eigenvalue weighted by molar-refractivity contribution is 8.01. The van der Waals surface area contributed by atoms with E-state index in [-0.39, 0.29) is 18.4 Å². The Balaban J connectivity index is 0.000000236. The summed E-state index contributed by atoms with van der Waals surface area (Å²) < 4.78 is 15.3. The predicted octanol–water partition coefficient (Wildman–Crippen LogP) is 8.72. The van der Waals surface area contributed by atoms with Crippen LogP contribution in [0.15, 0.2) is 40.2 Å². The Morgan fingerprint density at radius 3 is 1.61 bits per heavy atom. The van der Waals surface area contributed by atoms with Crippen LogP contribution in [0.25, 0.3) is 10.4 Å². The van der Waals surface area contributed by atoms with E-state index in [0.29, 0.717) is 61.7 Å². The van der Waals surface area contributed by atoms with Crippen molar-refractivity contribution in [2.24, 2.45) is 40.6 Å². The third-order valence-electron chi connectivity index (χ3n) is 14.0. The molecular formula is C50H84N12O6S2Si4. The van der Waals surface area contributed by atoms with Crippen LogP contribution in [-0.4, -0.2) is 127 Å². The molecule has 4 aliphatic rings. The Morgan fingerprint density at radius 2 is 1.16 bits per heavy atom. The van der Waals surface area contributed by atoms with Crippen LogP contribution in [0.3, 0.4) is 0 Å². The van der Waals surface area contributed by atoms with Crippen LogP contribution in [0, 0.1) is 47.3 Å². The van der Waals surface area contributed by atoms with E-state index in [1.165, 1.54) is 25.5 Å². The maximum Gasteiger partial charge on any atom is 0.216 e. The number of rotatable bonds is 24. The lowest BCUT2D eigenvalue weighted by atomic mass is 10.0. The second-order valence-corrected chi connectivity index (χ2v) is 43.0. The molecule has 0 radical (unpaired) electrons. The summed E-state index contributed by atoms with van der Waals surface area (Å²) in [5.74, 6) is 10.4. The number of hydrogen-bond donors (Lipinski definition) is 4. The molecule has 0 spiro atoms. The molecule has 0 saturated heterocycles. The first-order valence-corrected chi connectivity index (χ1v) is 40.9. The van der Waals surface area contributed by atoms with E-state index in [4.69, 9.17) is 18.9 Å². The SMILES string of the molecule is CC(=O)NCCC[Si](C)(C)O[Si](C)(C)CSc1ncc(CN=[N+]=[N-])cn1.CC(=O)NCCC[Si](C)(C)O[Si](C)(C)CSc1ncc(Cn2nnc3c2CC[C@H]2[C@@H](CO)[C@H]2CC3)cn1.OCC1[C@H]2CCC#CCC[C@@H]12. The Hall–Kier alpha value is -3.48. The molecule has 408 valence electrons. The van der Waals surface area contributed by atoms with Crippen LogP contribution in [-0.2, 0) is 43.8 Å². The number of fused-ring (bicyclic) bond motifs is 3. The first-order chi connectivity index (χ1) is 35.1. The molecule has 2 amide bonds. The Morgan fingerprint density at radius 1 is 0.716 bits per heavy atom. The molecule has 3 aromatic heterocycles. The van der Waals surface area contributed by atoms with Crippen molar-refractivity contribution in [3.63, 3.8) is 0 Å². The normalized spacial score (nSPS) is 21.0. The van der Waals surface area contributed by atoms with Gasteiger partial charge in [-0.05, 0) is 162 Å². The summed E-state index contributed by atoms with van der Waals surface area (Å²) >= 11 is 3.29. The van der Waals surface area contributed by atoms with Gasteiger partial charge in [-0.25, -0.2) is 24.6 Å². The summed E-state index contributed by atoms with van der Waals surface area (Å²) in [6.45, 7) is 24.1. The number of carbonyl (C=O) groups excluding carboxylic acids is 2. The topological polar surface area (TPSA) is 248 Å². The summed E-state index contributed by atoms with van der Waals surface area (Å²) in [5.41, 5.74) is 12.5. The Labute approximate surface area is 452 Å². The number of azide groups is 1. The average molecular weight is 1130 g/mol. The molecule has 74 heavy (non-hydrogen) atoms. The highest BCUT2D eigenvalue weighted by atomic mass is 32.2. The van der Waals surface area contributed by atoms with Crippen molar-refractivity contribution < 1.29 is 28.0 Å². The molecule has 4 N–H and O–H groups in total. The highest BCUT2D eigenvalue weighted by Crippen LogP contribution is 2.53. The molecule has 6 atom stereocenters. The number of aliphatic hydroxyl groups excluding tert-OH is 2. The molecule has 1 unspecified atom stereocenters. The third kappa shape index (κ3) is 21.5. The van der Waals surface area contributed by atoms with Gasteiger partial charge in [-0.1, -0.05) is 33.9 Å². The standard InChI is InChI=1S/C25H42N6O3SSi2.C15H28N6O2SSi2.C10H14O/c1-18(33)26-11-6-12-36(2,3)34-37(4,5)17-35-25-27-13-19(14-28-25)15-31-24-10-8-21-20(22(21)16-32)7-9-23(24)29-30-31;1-13(22)17-7-6-8-25(2,3)23-26(4,5)12-24-15-18-9-14(10-19-15)11-20-21-16;11-7-10-8-5-3-1-2-4-6-9(8)10/h13-14,20-22,32H,6-12,15-17H2,1-5H3,(H,26,33);9-10H,6-8,11-12H2,1-5H3,(H,17,22);8-11H,3-7H2/t20-,21+,22-;;8-,9+,10?/m0../s1. The average Bonchev–Trinajstić information content (AvgIpc) is 4.16. The van der Waals surface area contributed by atoms with Crippen molar-refractivity contribution in [2.75, 3.05) is 37.1 Å². The fourth-order valence-electron chi connectivity index (χ4n) is 10.5. The molecule has 7 rings (SSSR count). The van der Waals surface area contributed by atoms with E-state index in [9.17, 15) is 14.7 Å². The van der Waals surface area contributed by atoms with E-state index in [1.54, 1.807) is 42.8 Å². The number of amides is 2. The van der Waals surface area contributed by atoms with Gasteiger partial charge in [0.25, 0.3) is 0 Å². The Bertz CT molecular complexity index is 2350. The summed E-state index contributed by atoms with van der Waals surface area (Å²) in [6.07, 6.45) is 17.8. The van der Waals surface area contributed by atoms with E-state index in [2.05, 4.69) is 115 Å². The lowest BCUT2D eigenvalue weighted by Gasteiger charge is -2.33. The molecule has 3 aromatic rings. The highest BCUT2D eigenvalue weighted by Gasteiger charge is 2.49. The van der Waals surface area contributed by atoms with Crippen LogP contribution < -0.4 is 10.6 Å². The lowest BCUT2D eigenvalue weighted by Crippen LogP contribution is -2.46. The zero-order valence-electron chi connectivity index (χ0n) is 45.7. The largest absolute Gasteiger partial charge is 0.455 e. The van der Waals surface area contributed by atoms with Gasteiger partial charge in [-0.2, -0.15) is 0 Å². The minimum atomic E-state index is -1.89. The van der Waals surface area contributed by atoms with Gasteiger partial charge in [-0.3, -0.25) is 9.59 Å². The molecular weight excluding hydrogens is 1040 g/mol. The molecule has 24 heteroatoms. The minimum Gasteiger partial charge on any atom is -0.455 e. The van der Waals surface area contributed by atoms with Gasteiger partial charge >= 0.3 is 0 Å². The van der Waals surface area contributed by atoms with E-state index >= 15 is 0 Å². The lowest BCUT2D eigenvalue weighted by molar-refractivity contribution is -0.119. The second-order valence-electron chi connectivity index (χ2n) is 22.6. The van der Waals surface area contributed by atoms with Crippen LogP contribution in [0.4, 0.5) is 0 Å². The first-order valence-electron chi connectivity index (χ1n) is 26.5. The number of aromatic nitrogens is 7. The molecule has 2 saturated carbocycles. The van der Waals surface area contributed by atoms with Crippen molar-refractivity contribution in [2.45, 2.75) is 166 Å². The van der Waals surface area contributed by atoms with Gasteiger partial charge in [0.1, 0.15) is 0 Å². The molecule has 18 nitrogen and oxygen atoms in total. The van der Waals surface area contributed by atoms with Gasteiger partial charge in [0.2, 0.25) is 11.8 Å². The van der Waals surface area contributed by atoms with Crippen molar-refractivity contribution in [3.05, 3.63) is 57.7 Å². The number of thioether (sulfide) groups is 2. The first kappa shape index (κ1) is 61.4. The van der Waals surface area contributed by atoms with Gasteiger partial charge in [0.05, 0.1) is 24.5 Å². The summed E-state index contributed by atoms with van der Waals surface area (Å²) in [6, 6.07) is 2.06. The monoisotopic (exact) mass is 1120 g/mol. The van der Waals surface area contributed by atoms with Crippen LogP contribution in [0.5, 0.6) is 0 Å². The minimum absolute atomic E-state index is 0.0157. The van der Waals surface area contributed by atoms with Crippen molar-refractivity contribution >= 4 is 68.6 Å². The van der Waals surface area contributed by atoms with Crippen molar-refractivity contribution in [1.82, 2.24) is 45.6 Å². The van der Waals surface area contributed by atoms with Gasteiger partial charge < -0.3 is 29.1 Å². The van der Waals surface area contributed by atoms with Crippen molar-refractivity contribution in [1.29, 1.82) is 0 Å². The second kappa shape index (κ2) is 29.3. The number of hydrogen-bond acceptors (Lipinski definition) is 15. The quantitative estimate of drug-likeness (QED) is 0.00958. The van der Waals surface area contributed by atoms with E-state index in [0.717, 1.165) is 108 Å². The van der Waals surface area contributed by atoms with Gasteiger partial charge in [0, 0.05) is 99.0 Å². The van der Waals surface area contributed by atoms with Crippen molar-refractivity contribution in [3.8, 4) is 11.8 Å². The number of nitrogens with one attached hydrogen (secondary N) is 2. The fraction of sp³-hybridized carbons (Fsp3) is 0.720. The van der Waals surface area contributed by atoms with E-state index in [1.807, 2.05) is 17.1 Å². The van der Waals surface area contributed by atoms with E-state index < -0.39 is 33.3 Å². The van der Waals surface area contributed by atoms with Crippen LogP contribution in [0.1, 0.15) is 87.7 Å². The van der Waals surface area contributed by atoms with Gasteiger partial charge in [-0.15, -0.1) is 16.9 Å². The fourth-order valence-corrected chi connectivity index (χ4v) is 31.2. The molecule has 3 heterocycles. The number of aryl methyl sites for hydroxylation is 1. The zero-order valence-corrected chi connectivity index (χ0v) is 51.4. The zero-order chi connectivity index (χ0) is 53.9. The summed E-state index contributed by atoms with van der Waals surface area (Å²) in [7, 11) is -7.29. The summed E-state index contributed by atoms with van der Waals surface area (Å²) in [5, 5.41) is 40.0. The van der Waals surface area contributed by atoms with Crippen LogP contribution in [0.2, 0.25) is 64.5 Å². The van der Waals surface area contributed by atoms with Gasteiger partial charge in [0.15, 0.2) is 43.6 Å². The maximum atomic E-state index is 11.1. The third-order valence-corrected chi connectivity index (χ3v) is 33.6. The smallest absolute Gasteiger partial charge is 0.216 e. The summed E-state index contributed by atoms with van der Waals surface area (Å²) in [4.78, 5) is 42.6. The molecule has 4 aliphatic carbocycles. The maximum absolute atomic E-state index is 11.1. The molecule has 0 bridgehead atoms.